The Kier molecular flexibility index (Phi) is 5.81. The van der Waals surface area contributed by atoms with Gasteiger partial charge in [0, 0.05) is 29.4 Å². The third-order valence-electron chi connectivity index (χ3n) is 4.46. The van der Waals surface area contributed by atoms with E-state index in [4.69, 9.17) is 16.0 Å². The number of carbonyl (C=O) groups is 1. The number of hydrogen-bond acceptors (Lipinski definition) is 3. The lowest BCUT2D eigenvalue weighted by Crippen LogP contribution is -2.23. The fourth-order valence-electron chi connectivity index (χ4n) is 2.89. The predicted molar refractivity (Wildman–Crippen MR) is 106 cm³/mol. The van der Waals surface area contributed by atoms with Crippen LogP contribution in [0, 0.1) is 13.8 Å². The minimum Gasteiger partial charge on any atom is -0.467 e. The number of carbonyl (C=O) groups excluding carboxylic acids is 1. The minimum absolute atomic E-state index is 0.0935. The standard InChI is InChI=1S/C21H22ClN3O2/c1-15-19(10-11-21(26)24(3)14-18-8-6-12-27-18)16(2)25(23-15)13-17-7-4-5-9-20(17)22/h4-12H,13-14H2,1-3H3/b11-10+. The summed E-state index contributed by atoms with van der Waals surface area (Å²) < 4.78 is 7.19. The van der Waals surface area contributed by atoms with Crippen molar-refractivity contribution < 1.29 is 9.21 Å². The summed E-state index contributed by atoms with van der Waals surface area (Å²) in [5, 5.41) is 5.32. The smallest absolute Gasteiger partial charge is 0.246 e. The van der Waals surface area contributed by atoms with E-state index in [1.165, 1.54) is 0 Å². The molecule has 0 unspecified atom stereocenters. The largest absolute Gasteiger partial charge is 0.467 e. The molecule has 0 aliphatic heterocycles. The van der Waals surface area contributed by atoms with Crippen molar-refractivity contribution in [2.45, 2.75) is 26.9 Å². The van der Waals surface area contributed by atoms with Gasteiger partial charge in [-0.15, -0.1) is 0 Å². The van der Waals surface area contributed by atoms with E-state index in [9.17, 15) is 4.79 Å². The molecule has 0 N–H and O–H groups in total. The summed E-state index contributed by atoms with van der Waals surface area (Å²) in [7, 11) is 1.75. The summed E-state index contributed by atoms with van der Waals surface area (Å²) in [6.45, 7) is 4.95. The first kappa shape index (κ1) is 19.0. The zero-order valence-electron chi connectivity index (χ0n) is 15.6. The van der Waals surface area contributed by atoms with Crippen LogP contribution in [0.3, 0.4) is 0 Å². The summed E-state index contributed by atoms with van der Waals surface area (Å²) in [4.78, 5) is 14.0. The first-order valence-corrected chi connectivity index (χ1v) is 9.06. The molecular formula is C21H22ClN3O2. The normalized spacial score (nSPS) is 11.3. The second-order valence-corrected chi connectivity index (χ2v) is 6.85. The molecule has 2 aromatic heterocycles. The van der Waals surface area contributed by atoms with Gasteiger partial charge in [0.05, 0.1) is 25.0 Å². The fourth-order valence-corrected chi connectivity index (χ4v) is 3.09. The van der Waals surface area contributed by atoms with Crippen molar-refractivity contribution in [1.29, 1.82) is 0 Å². The van der Waals surface area contributed by atoms with E-state index in [0.717, 1.165) is 33.3 Å². The lowest BCUT2D eigenvalue weighted by Gasteiger charge is -2.12. The SMILES string of the molecule is Cc1nn(Cc2ccccc2Cl)c(C)c1/C=C/C(=O)N(C)Cc1ccco1. The van der Waals surface area contributed by atoms with Crippen molar-refractivity contribution >= 4 is 23.6 Å². The molecule has 0 saturated carbocycles. The maximum absolute atomic E-state index is 12.4. The highest BCUT2D eigenvalue weighted by molar-refractivity contribution is 6.31. The number of rotatable bonds is 6. The Balaban J connectivity index is 1.73. The summed E-state index contributed by atoms with van der Waals surface area (Å²) in [6, 6.07) is 11.4. The molecule has 0 radical (unpaired) electrons. The second-order valence-electron chi connectivity index (χ2n) is 6.44. The van der Waals surface area contributed by atoms with Crippen LogP contribution in [0.5, 0.6) is 0 Å². The quantitative estimate of drug-likeness (QED) is 0.590. The van der Waals surface area contributed by atoms with Gasteiger partial charge in [-0.25, -0.2) is 0 Å². The van der Waals surface area contributed by atoms with Crippen molar-refractivity contribution in [2.75, 3.05) is 7.05 Å². The van der Waals surface area contributed by atoms with Gasteiger partial charge in [0.2, 0.25) is 5.91 Å². The topological polar surface area (TPSA) is 51.3 Å². The number of hydrogen-bond donors (Lipinski definition) is 0. The molecule has 0 aliphatic rings. The van der Waals surface area contributed by atoms with Crippen LogP contribution in [0.15, 0.2) is 53.2 Å². The number of likely N-dealkylation sites (N-methyl/N-ethyl adjacent to an activating group) is 1. The molecule has 0 atom stereocenters. The highest BCUT2D eigenvalue weighted by Gasteiger charge is 2.12. The third-order valence-corrected chi connectivity index (χ3v) is 4.83. The molecule has 0 fully saturated rings. The molecule has 0 aliphatic carbocycles. The van der Waals surface area contributed by atoms with Gasteiger partial charge < -0.3 is 9.32 Å². The molecule has 2 heterocycles. The minimum atomic E-state index is -0.0935. The molecule has 6 heteroatoms. The summed E-state index contributed by atoms with van der Waals surface area (Å²) >= 11 is 6.26. The first-order valence-electron chi connectivity index (χ1n) is 8.68. The van der Waals surface area contributed by atoms with Crippen LogP contribution in [0.1, 0.15) is 28.3 Å². The van der Waals surface area contributed by atoms with E-state index >= 15 is 0 Å². The van der Waals surface area contributed by atoms with E-state index < -0.39 is 0 Å². The molecule has 1 amide bonds. The molecule has 0 saturated heterocycles. The Labute approximate surface area is 163 Å². The van der Waals surface area contributed by atoms with E-state index in [-0.39, 0.29) is 5.91 Å². The Bertz CT molecular complexity index is 958. The number of halogens is 1. The number of nitrogens with zero attached hydrogens (tertiary/aromatic N) is 3. The van der Waals surface area contributed by atoms with Crippen molar-refractivity contribution in [1.82, 2.24) is 14.7 Å². The van der Waals surface area contributed by atoms with Gasteiger partial charge in [-0.05, 0) is 43.7 Å². The lowest BCUT2D eigenvalue weighted by atomic mass is 10.1. The molecule has 3 aromatic rings. The monoisotopic (exact) mass is 383 g/mol. The Morgan fingerprint density at radius 2 is 2.04 bits per heavy atom. The van der Waals surface area contributed by atoms with Crippen molar-refractivity contribution in [3.8, 4) is 0 Å². The zero-order chi connectivity index (χ0) is 19.4. The van der Waals surface area contributed by atoms with E-state index in [1.54, 1.807) is 24.3 Å². The van der Waals surface area contributed by atoms with Crippen LogP contribution in [-0.2, 0) is 17.9 Å². The average molecular weight is 384 g/mol. The maximum Gasteiger partial charge on any atom is 0.246 e. The lowest BCUT2D eigenvalue weighted by molar-refractivity contribution is -0.125. The van der Waals surface area contributed by atoms with Crippen LogP contribution < -0.4 is 0 Å². The number of furan rings is 1. The fraction of sp³-hybridized carbons (Fsp3) is 0.238. The molecule has 0 spiro atoms. The Hall–Kier alpha value is -2.79. The number of benzene rings is 1. The second kappa shape index (κ2) is 8.27. The van der Waals surface area contributed by atoms with E-state index in [0.29, 0.717) is 13.1 Å². The molecule has 27 heavy (non-hydrogen) atoms. The Morgan fingerprint density at radius 1 is 1.26 bits per heavy atom. The van der Waals surface area contributed by atoms with Crippen LogP contribution in [0.25, 0.3) is 6.08 Å². The summed E-state index contributed by atoms with van der Waals surface area (Å²) in [5.74, 6) is 0.656. The van der Waals surface area contributed by atoms with Gasteiger partial charge in [0.1, 0.15) is 5.76 Å². The van der Waals surface area contributed by atoms with Gasteiger partial charge in [-0.1, -0.05) is 29.8 Å². The van der Waals surface area contributed by atoms with Crippen molar-refractivity contribution in [2.24, 2.45) is 0 Å². The maximum atomic E-state index is 12.4. The Morgan fingerprint density at radius 3 is 2.74 bits per heavy atom. The molecule has 140 valence electrons. The molecule has 5 nitrogen and oxygen atoms in total. The van der Waals surface area contributed by atoms with Crippen LogP contribution in [-0.4, -0.2) is 27.6 Å². The van der Waals surface area contributed by atoms with Crippen LogP contribution in [0.2, 0.25) is 5.02 Å². The third kappa shape index (κ3) is 4.49. The number of amides is 1. The van der Waals surface area contributed by atoms with Crippen molar-refractivity contribution in [3.63, 3.8) is 0 Å². The predicted octanol–water partition coefficient (Wildman–Crippen LogP) is 4.47. The van der Waals surface area contributed by atoms with Gasteiger partial charge in [0.25, 0.3) is 0 Å². The van der Waals surface area contributed by atoms with Gasteiger partial charge in [-0.2, -0.15) is 5.10 Å². The van der Waals surface area contributed by atoms with Gasteiger partial charge in [0.15, 0.2) is 0 Å². The molecule has 3 rings (SSSR count). The number of aryl methyl sites for hydroxylation is 1. The van der Waals surface area contributed by atoms with E-state index in [2.05, 4.69) is 5.10 Å². The molecule has 0 bridgehead atoms. The summed E-state index contributed by atoms with van der Waals surface area (Å²) in [5.41, 5.74) is 3.82. The average Bonchev–Trinajstić information content (AvgIpc) is 3.24. The van der Waals surface area contributed by atoms with Gasteiger partial charge in [-0.3, -0.25) is 9.48 Å². The highest BCUT2D eigenvalue weighted by Crippen LogP contribution is 2.20. The van der Waals surface area contributed by atoms with Crippen LogP contribution >= 0.6 is 11.6 Å². The molecule has 1 aromatic carbocycles. The molecular weight excluding hydrogens is 362 g/mol. The summed E-state index contributed by atoms with van der Waals surface area (Å²) in [6.07, 6.45) is 4.99. The first-order chi connectivity index (χ1) is 13.0. The van der Waals surface area contributed by atoms with Gasteiger partial charge >= 0.3 is 0 Å². The highest BCUT2D eigenvalue weighted by atomic mass is 35.5. The zero-order valence-corrected chi connectivity index (χ0v) is 16.4. The van der Waals surface area contributed by atoms with E-state index in [1.807, 2.05) is 61.0 Å². The van der Waals surface area contributed by atoms with Crippen molar-refractivity contribution in [3.05, 3.63) is 82.0 Å². The van der Waals surface area contributed by atoms with Crippen LogP contribution in [0.4, 0.5) is 0 Å². The number of aromatic nitrogens is 2.